The maximum atomic E-state index is 12.9. The van der Waals surface area contributed by atoms with Crippen LogP contribution in [0.4, 0.5) is 0 Å². The van der Waals surface area contributed by atoms with Crippen molar-refractivity contribution in [3.63, 3.8) is 0 Å². The lowest BCUT2D eigenvalue weighted by Crippen LogP contribution is -2.31. The molecule has 3 aromatic heterocycles. The zero-order valence-electron chi connectivity index (χ0n) is 15.5. The number of rotatable bonds is 4. The summed E-state index contributed by atoms with van der Waals surface area (Å²) >= 11 is 0. The maximum Gasteiger partial charge on any atom is 0.274 e. The SMILES string of the molecule is CC(C)c1nccn1-c1cccc([C@@H]2CCCN2C(=O)c2cnccn2)n1. The highest BCUT2D eigenvalue weighted by Gasteiger charge is 2.32. The number of amides is 1. The van der Waals surface area contributed by atoms with Gasteiger partial charge in [-0.25, -0.2) is 15.0 Å². The quantitative estimate of drug-likeness (QED) is 0.712. The molecule has 0 aromatic carbocycles. The molecule has 1 atom stereocenters. The van der Waals surface area contributed by atoms with Gasteiger partial charge in [0.05, 0.1) is 17.9 Å². The molecule has 138 valence electrons. The van der Waals surface area contributed by atoms with Crippen molar-refractivity contribution in [2.75, 3.05) is 6.54 Å². The molecular weight excluding hydrogens is 340 g/mol. The number of aromatic nitrogens is 5. The van der Waals surface area contributed by atoms with E-state index in [-0.39, 0.29) is 11.9 Å². The van der Waals surface area contributed by atoms with Crippen molar-refractivity contribution in [1.29, 1.82) is 0 Å². The number of imidazole rings is 1. The molecule has 7 heteroatoms. The van der Waals surface area contributed by atoms with E-state index in [2.05, 4.69) is 28.8 Å². The second-order valence-electron chi connectivity index (χ2n) is 6.98. The lowest BCUT2D eigenvalue weighted by Gasteiger charge is -2.24. The van der Waals surface area contributed by atoms with Gasteiger partial charge in [-0.2, -0.15) is 0 Å². The normalized spacial score (nSPS) is 16.9. The summed E-state index contributed by atoms with van der Waals surface area (Å²) in [7, 11) is 0. The van der Waals surface area contributed by atoms with Gasteiger partial charge in [0.25, 0.3) is 5.91 Å². The second kappa shape index (κ2) is 7.26. The lowest BCUT2D eigenvalue weighted by molar-refractivity contribution is 0.0726. The summed E-state index contributed by atoms with van der Waals surface area (Å²) in [5.74, 6) is 2.00. The van der Waals surface area contributed by atoms with Crippen LogP contribution in [0, 0.1) is 0 Å². The van der Waals surface area contributed by atoms with E-state index in [1.807, 2.05) is 33.9 Å². The Kier molecular flexibility index (Phi) is 4.66. The number of hydrogen-bond acceptors (Lipinski definition) is 5. The molecule has 1 fully saturated rings. The van der Waals surface area contributed by atoms with E-state index < -0.39 is 0 Å². The molecule has 3 aromatic rings. The van der Waals surface area contributed by atoms with E-state index in [0.717, 1.165) is 30.2 Å². The van der Waals surface area contributed by atoms with Crippen LogP contribution in [-0.2, 0) is 0 Å². The van der Waals surface area contributed by atoms with Crippen LogP contribution in [0.3, 0.4) is 0 Å². The molecule has 4 heterocycles. The summed E-state index contributed by atoms with van der Waals surface area (Å²) < 4.78 is 2.01. The van der Waals surface area contributed by atoms with Crippen molar-refractivity contribution in [2.45, 2.75) is 38.6 Å². The van der Waals surface area contributed by atoms with E-state index in [4.69, 9.17) is 4.98 Å². The third kappa shape index (κ3) is 3.32. The molecular formula is C20H22N6O. The van der Waals surface area contributed by atoms with Gasteiger partial charge >= 0.3 is 0 Å². The fraction of sp³-hybridized carbons (Fsp3) is 0.350. The minimum atomic E-state index is -0.0942. The van der Waals surface area contributed by atoms with Gasteiger partial charge in [-0.1, -0.05) is 19.9 Å². The van der Waals surface area contributed by atoms with Gasteiger partial charge in [0.15, 0.2) is 0 Å². The van der Waals surface area contributed by atoms with Crippen LogP contribution < -0.4 is 0 Å². The Bertz CT molecular complexity index is 936. The third-order valence-electron chi connectivity index (χ3n) is 4.83. The first-order valence-electron chi connectivity index (χ1n) is 9.22. The maximum absolute atomic E-state index is 12.9. The monoisotopic (exact) mass is 362 g/mol. The summed E-state index contributed by atoms with van der Waals surface area (Å²) in [6, 6.07) is 5.90. The van der Waals surface area contributed by atoms with E-state index in [1.54, 1.807) is 18.6 Å². The fourth-order valence-electron chi connectivity index (χ4n) is 3.57. The molecule has 0 bridgehead atoms. The van der Waals surface area contributed by atoms with Gasteiger partial charge in [0, 0.05) is 37.3 Å². The van der Waals surface area contributed by atoms with Crippen LogP contribution >= 0.6 is 0 Å². The highest BCUT2D eigenvalue weighted by Crippen LogP contribution is 2.32. The smallest absolute Gasteiger partial charge is 0.274 e. The van der Waals surface area contributed by atoms with Gasteiger partial charge < -0.3 is 4.90 Å². The van der Waals surface area contributed by atoms with Crippen LogP contribution in [0.1, 0.15) is 60.7 Å². The first-order chi connectivity index (χ1) is 13.1. The Labute approximate surface area is 158 Å². The lowest BCUT2D eigenvalue weighted by atomic mass is 10.1. The van der Waals surface area contributed by atoms with Crippen LogP contribution in [0.25, 0.3) is 5.82 Å². The number of hydrogen-bond donors (Lipinski definition) is 0. The zero-order chi connectivity index (χ0) is 18.8. The Morgan fingerprint density at radius 1 is 1.19 bits per heavy atom. The largest absolute Gasteiger partial charge is 0.329 e. The van der Waals surface area contributed by atoms with Crippen molar-refractivity contribution in [2.24, 2.45) is 0 Å². The molecule has 27 heavy (non-hydrogen) atoms. The number of pyridine rings is 1. The number of nitrogens with zero attached hydrogens (tertiary/aromatic N) is 6. The van der Waals surface area contributed by atoms with Crippen LogP contribution in [0.15, 0.2) is 49.2 Å². The predicted molar refractivity (Wildman–Crippen MR) is 100 cm³/mol. The Hall–Kier alpha value is -3.09. The Morgan fingerprint density at radius 3 is 2.85 bits per heavy atom. The summed E-state index contributed by atoms with van der Waals surface area (Å²) in [5, 5.41) is 0. The molecule has 0 aliphatic carbocycles. The first kappa shape index (κ1) is 17.3. The average Bonchev–Trinajstić information content (AvgIpc) is 3.38. The minimum absolute atomic E-state index is 0.0505. The van der Waals surface area contributed by atoms with Gasteiger partial charge in [-0.05, 0) is 25.0 Å². The van der Waals surface area contributed by atoms with E-state index in [1.165, 1.54) is 6.20 Å². The molecule has 0 unspecified atom stereocenters. The highest BCUT2D eigenvalue weighted by atomic mass is 16.2. The molecule has 1 saturated heterocycles. The molecule has 1 aliphatic heterocycles. The molecule has 1 aliphatic rings. The van der Waals surface area contributed by atoms with Crippen molar-refractivity contribution >= 4 is 5.91 Å². The zero-order valence-corrected chi connectivity index (χ0v) is 15.5. The van der Waals surface area contributed by atoms with Crippen LogP contribution in [-0.4, -0.2) is 41.9 Å². The highest BCUT2D eigenvalue weighted by molar-refractivity contribution is 5.92. The molecule has 7 nitrogen and oxygen atoms in total. The van der Waals surface area contributed by atoms with Gasteiger partial charge in [0.2, 0.25) is 0 Å². The van der Waals surface area contributed by atoms with Crippen molar-refractivity contribution in [1.82, 2.24) is 29.4 Å². The number of carbonyl (C=O) groups excluding carboxylic acids is 1. The average molecular weight is 362 g/mol. The summed E-state index contributed by atoms with van der Waals surface area (Å²) in [6.07, 6.45) is 10.2. The van der Waals surface area contributed by atoms with Crippen molar-refractivity contribution in [3.8, 4) is 5.82 Å². The summed E-state index contributed by atoms with van der Waals surface area (Å²) in [5.41, 5.74) is 1.27. The first-order valence-corrected chi connectivity index (χ1v) is 9.22. The number of carbonyl (C=O) groups is 1. The van der Waals surface area contributed by atoms with Gasteiger partial charge in [-0.15, -0.1) is 0 Å². The van der Waals surface area contributed by atoms with Gasteiger partial charge in [-0.3, -0.25) is 14.3 Å². The topological polar surface area (TPSA) is 76.8 Å². The minimum Gasteiger partial charge on any atom is -0.329 e. The third-order valence-corrected chi connectivity index (χ3v) is 4.83. The van der Waals surface area contributed by atoms with E-state index in [9.17, 15) is 4.79 Å². The van der Waals surface area contributed by atoms with Crippen molar-refractivity contribution < 1.29 is 4.79 Å². The molecule has 4 rings (SSSR count). The van der Waals surface area contributed by atoms with E-state index in [0.29, 0.717) is 18.2 Å². The molecule has 0 radical (unpaired) electrons. The molecule has 0 N–H and O–H groups in total. The van der Waals surface area contributed by atoms with Crippen LogP contribution in [0.5, 0.6) is 0 Å². The van der Waals surface area contributed by atoms with Crippen LogP contribution in [0.2, 0.25) is 0 Å². The number of likely N-dealkylation sites (tertiary alicyclic amines) is 1. The standard InChI is InChI=1S/C20H22N6O/c1-14(2)19-23-10-12-26(19)18-7-3-5-15(24-18)17-6-4-11-25(17)20(27)16-13-21-8-9-22-16/h3,5,7-10,12-14,17H,4,6,11H2,1-2H3/t17-/m0/s1. The summed E-state index contributed by atoms with van der Waals surface area (Å²) in [4.78, 5) is 32.2. The van der Waals surface area contributed by atoms with E-state index >= 15 is 0 Å². The summed E-state index contributed by atoms with van der Waals surface area (Å²) in [6.45, 7) is 4.93. The second-order valence-corrected chi connectivity index (χ2v) is 6.98. The fourth-order valence-corrected chi connectivity index (χ4v) is 3.57. The Balaban J connectivity index is 1.65. The molecule has 1 amide bonds. The van der Waals surface area contributed by atoms with Crippen molar-refractivity contribution in [3.05, 3.63) is 66.4 Å². The molecule has 0 saturated carbocycles. The molecule has 0 spiro atoms. The Morgan fingerprint density at radius 2 is 2.07 bits per heavy atom. The van der Waals surface area contributed by atoms with Gasteiger partial charge in [0.1, 0.15) is 17.3 Å². The predicted octanol–water partition coefficient (Wildman–Crippen LogP) is 3.16.